The summed E-state index contributed by atoms with van der Waals surface area (Å²) in [6, 6.07) is 4.48. The molecule has 0 spiro atoms. The van der Waals surface area contributed by atoms with Crippen LogP contribution in [-0.2, 0) is 5.41 Å². The lowest BCUT2D eigenvalue weighted by atomic mass is 9.85. The highest BCUT2D eigenvalue weighted by molar-refractivity contribution is 5.58. The van der Waals surface area contributed by atoms with Gasteiger partial charge in [-0.1, -0.05) is 32.9 Å². The summed E-state index contributed by atoms with van der Waals surface area (Å²) in [6.45, 7) is 11.5. The molecule has 0 saturated carbocycles. The second-order valence-electron chi connectivity index (χ2n) is 5.29. The molecule has 90 valence electrons. The number of hydrogen-bond donors (Lipinski definition) is 3. The van der Waals surface area contributed by atoms with Crippen LogP contribution in [0.2, 0.25) is 0 Å². The second kappa shape index (κ2) is 4.85. The van der Waals surface area contributed by atoms with Gasteiger partial charge in [-0.3, -0.25) is 5.84 Å². The highest BCUT2D eigenvalue weighted by Crippen LogP contribution is 2.29. The minimum Gasteiger partial charge on any atom is -0.371 e. The monoisotopic (exact) mass is 221 g/mol. The van der Waals surface area contributed by atoms with Gasteiger partial charge in [0.25, 0.3) is 0 Å². The maximum Gasteiger partial charge on any atom is 0.0781 e. The van der Waals surface area contributed by atoms with E-state index in [4.69, 9.17) is 5.84 Å². The van der Waals surface area contributed by atoms with Crippen molar-refractivity contribution in [1.82, 2.24) is 5.43 Å². The highest BCUT2D eigenvalue weighted by Gasteiger charge is 2.15. The number of hydrazine groups is 1. The Bertz CT molecular complexity index is 341. The second-order valence-corrected chi connectivity index (χ2v) is 5.29. The number of hydrogen-bond acceptors (Lipinski definition) is 3. The van der Waals surface area contributed by atoms with E-state index < -0.39 is 0 Å². The largest absolute Gasteiger partial charge is 0.371 e. The Hall–Kier alpha value is -1.06. The fourth-order valence-electron chi connectivity index (χ4n) is 1.81. The molecule has 1 rings (SSSR count). The van der Waals surface area contributed by atoms with Crippen LogP contribution < -0.4 is 16.6 Å². The van der Waals surface area contributed by atoms with Crippen molar-refractivity contribution in [2.24, 2.45) is 5.84 Å². The van der Waals surface area contributed by atoms with Crippen molar-refractivity contribution < 1.29 is 0 Å². The summed E-state index contributed by atoms with van der Waals surface area (Å²) in [6.07, 6.45) is 0. The minimum atomic E-state index is 0.195. The van der Waals surface area contributed by atoms with Gasteiger partial charge in [0.05, 0.1) is 6.67 Å². The quantitative estimate of drug-likeness (QED) is 0.417. The van der Waals surface area contributed by atoms with Gasteiger partial charge >= 0.3 is 0 Å². The fraction of sp³-hybridized carbons (Fsp3) is 0.538. The average molecular weight is 221 g/mol. The highest BCUT2D eigenvalue weighted by atomic mass is 15.3. The molecule has 0 heterocycles. The summed E-state index contributed by atoms with van der Waals surface area (Å²) >= 11 is 0. The molecule has 0 aliphatic rings. The van der Waals surface area contributed by atoms with E-state index in [9.17, 15) is 0 Å². The lowest BCUT2D eigenvalue weighted by Gasteiger charge is -2.22. The van der Waals surface area contributed by atoms with Crippen LogP contribution in [-0.4, -0.2) is 6.67 Å². The van der Waals surface area contributed by atoms with Gasteiger partial charge in [-0.15, -0.1) is 0 Å². The van der Waals surface area contributed by atoms with Gasteiger partial charge in [0.2, 0.25) is 0 Å². The molecule has 3 heteroatoms. The van der Waals surface area contributed by atoms with Crippen LogP contribution in [0, 0.1) is 13.8 Å². The SMILES string of the molecule is Cc1cc(C(C)(C)C)cc(C)c1NCNN. The summed E-state index contributed by atoms with van der Waals surface area (Å²) in [5, 5.41) is 3.27. The first-order chi connectivity index (χ1) is 7.36. The first kappa shape index (κ1) is 13.0. The molecule has 4 N–H and O–H groups in total. The van der Waals surface area contributed by atoms with Crippen LogP contribution in [0.25, 0.3) is 0 Å². The van der Waals surface area contributed by atoms with Crippen molar-refractivity contribution in [3.63, 3.8) is 0 Å². The molecule has 0 amide bonds. The van der Waals surface area contributed by atoms with Gasteiger partial charge in [0.15, 0.2) is 0 Å². The molecule has 0 bridgehead atoms. The van der Waals surface area contributed by atoms with E-state index in [1.54, 1.807) is 0 Å². The predicted octanol–water partition coefficient (Wildman–Crippen LogP) is 2.43. The third-order valence-corrected chi connectivity index (χ3v) is 2.77. The predicted molar refractivity (Wildman–Crippen MR) is 70.4 cm³/mol. The number of anilines is 1. The van der Waals surface area contributed by atoms with Crippen molar-refractivity contribution in [3.05, 3.63) is 28.8 Å². The summed E-state index contributed by atoms with van der Waals surface area (Å²) < 4.78 is 0. The molecular weight excluding hydrogens is 198 g/mol. The Morgan fingerprint density at radius 3 is 2.00 bits per heavy atom. The summed E-state index contributed by atoms with van der Waals surface area (Å²) in [5.41, 5.74) is 7.87. The first-order valence-electron chi connectivity index (χ1n) is 5.65. The summed E-state index contributed by atoms with van der Waals surface area (Å²) in [7, 11) is 0. The summed E-state index contributed by atoms with van der Waals surface area (Å²) in [4.78, 5) is 0. The van der Waals surface area contributed by atoms with Crippen molar-refractivity contribution in [1.29, 1.82) is 0 Å². The smallest absolute Gasteiger partial charge is 0.0781 e. The van der Waals surface area contributed by atoms with Crippen molar-refractivity contribution in [2.45, 2.75) is 40.0 Å². The van der Waals surface area contributed by atoms with Crippen LogP contribution in [0.5, 0.6) is 0 Å². The van der Waals surface area contributed by atoms with Gasteiger partial charge in [0, 0.05) is 5.69 Å². The zero-order chi connectivity index (χ0) is 12.3. The molecule has 0 radical (unpaired) electrons. The zero-order valence-corrected chi connectivity index (χ0v) is 10.9. The van der Waals surface area contributed by atoms with Crippen LogP contribution in [0.4, 0.5) is 5.69 Å². The molecule has 0 fully saturated rings. The lowest BCUT2D eigenvalue weighted by Crippen LogP contribution is -2.28. The fourth-order valence-corrected chi connectivity index (χ4v) is 1.81. The van der Waals surface area contributed by atoms with Gasteiger partial charge in [-0.25, -0.2) is 5.43 Å². The van der Waals surface area contributed by atoms with Gasteiger partial charge < -0.3 is 5.32 Å². The molecule has 0 aliphatic carbocycles. The average Bonchev–Trinajstić information content (AvgIpc) is 2.15. The Balaban J connectivity index is 3.08. The molecule has 0 atom stereocenters. The van der Waals surface area contributed by atoms with E-state index in [1.807, 2.05) is 0 Å². The molecule has 3 nitrogen and oxygen atoms in total. The standard InChI is InChI=1S/C13H23N3/c1-9-6-11(13(3,4)5)7-10(2)12(9)15-8-16-14/h6-7,15-16H,8,14H2,1-5H3. The van der Waals surface area contributed by atoms with E-state index in [2.05, 4.69) is 57.5 Å². The van der Waals surface area contributed by atoms with Crippen LogP contribution in [0.3, 0.4) is 0 Å². The topological polar surface area (TPSA) is 50.1 Å². The maximum absolute atomic E-state index is 5.26. The van der Waals surface area contributed by atoms with Gasteiger partial charge in [-0.05, 0) is 36.0 Å². The molecule has 0 aromatic heterocycles. The maximum atomic E-state index is 5.26. The molecule has 0 aliphatic heterocycles. The van der Waals surface area contributed by atoms with E-state index in [0.717, 1.165) is 0 Å². The molecule has 0 saturated heterocycles. The van der Waals surface area contributed by atoms with E-state index in [1.165, 1.54) is 22.4 Å². The third-order valence-electron chi connectivity index (χ3n) is 2.77. The molecule has 1 aromatic carbocycles. The van der Waals surface area contributed by atoms with E-state index in [0.29, 0.717) is 6.67 Å². The van der Waals surface area contributed by atoms with E-state index in [-0.39, 0.29) is 5.41 Å². The van der Waals surface area contributed by atoms with Crippen LogP contribution in [0.1, 0.15) is 37.5 Å². The van der Waals surface area contributed by atoms with Crippen molar-refractivity contribution in [3.8, 4) is 0 Å². The third kappa shape index (κ3) is 2.97. The van der Waals surface area contributed by atoms with E-state index >= 15 is 0 Å². The normalized spacial score (nSPS) is 11.6. The molecule has 1 aromatic rings. The van der Waals surface area contributed by atoms with Crippen LogP contribution >= 0.6 is 0 Å². The summed E-state index contributed by atoms with van der Waals surface area (Å²) in [5.74, 6) is 5.26. The Kier molecular flexibility index (Phi) is 3.94. The number of nitrogens with two attached hydrogens (primary N) is 1. The van der Waals surface area contributed by atoms with Gasteiger partial charge in [0.1, 0.15) is 0 Å². The Labute approximate surface area is 98.4 Å². The van der Waals surface area contributed by atoms with Gasteiger partial charge in [-0.2, -0.15) is 0 Å². The number of rotatable bonds is 3. The zero-order valence-electron chi connectivity index (χ0n) is 10.9. The number of nitrogens with one attached hydrogen (secondary N) is 2. The Morgan fingerprint density at radius 2 is 1.62 bits per heavy atom. The van der Waals surface area contributed by atoms with Crippen LogP contribution in [0.15, 0.2) is 12.1 Å². The van der Waals surface area contributed by atoms with Crippen molar-refractivity contribution >= 4 is 5.69 Å². The minimum absolute atomic E-state index is 0.195. The lowest BCUT2D eigenvalue weighted by molar-refractivity contribution is 0.589. The Morgan fingerprint density at radius 1 is 1.12 bits per heavy atom. The number of benzene rings is 1. The molecule has 16 heavy (non-hydrogen) atoms. The molecule has 0 unspecified atom stereocenters. The molecular formula is C13H23N3. The van der Waals surface area contributed by atoms with Crippen molar-refractivity contribution in [2.75, 3.05) is 12.0 Å². The number of aryl methyl sites for hydroxylation is 2. The first-order valence-corrected chi connectivity index (χ1v) is 5.65.